The molecule has 0 bridgehead atoms. The molecular formula is C22H16ClNO4. The highest BCUT2D eigenvalue weighted by atomic mass is 35.5. The Kier molecular flexibility index (Phi) is 4.75. The molecule has 1 aliphatic rings. The van der Waals surface area contributed by atoms with Crippen LogP contribution in [0.2, 0.25) is 5.02 Å². The summed E-state index contributed by atoms with van der Waals surface area (Å²) in [5, 5.41) is 12.0. The fraction of sp³-hybridized carbons (Fsp3) is 0.0909. The van der Waals surface area contributed by atoms with Crippen molar-refractivity contribution < 1.29 is 19.4 Å². The standard InChI is InChI=1S/C22H16ClNO4/c23-13-9-10-20(18(11-13)21(25)26)24-22(27)28-12-19-16-7-3-1-5-14(16)15-6-2-4-8-17(15)19/h1-11,19H,12H2,(H,24,27)(H,25,26). The van der Waals surface area contributed by atoms with Crippen LogP contribution in [-0.2, 0) is 4.74 Å². The lowest BCUT2D eigenvalue weighted by Crippen LogP contribution is -2.19. The van der Waals surface area contributed by atoms with Gasteiger partial charge in [0.2, 0.25) is 0 Å². The molecule has 3 aromatic carbocycles. The topological polar surface area (TPSA) is 75.6 Å². The van der Waals surface area contributed by atoms with Gasteiger partial charge in [-0.2, -0.15) is 0 Å². The van der Waals surface area contributed by atoms with Crippen molar-refractivity contribution in [2.45, 2.75) is 5.92 Å². The van der Waals surface area contributed by atoms with E-state index in [-0.39, 0.29) is 28.8 Å². The second kappa shape index (κ2) is 7.37. The Morgan fingerprint density at radius 3 is 2.18 bits per heavy atom. The van der Waals surface area contributed by atoms with Crippen molar-refractivity contribution in [1.82, 2.24) is 0 Å². The SMILES string of the molecule is O=C(Nc1ccc(Cl)cc1C(=O)O)OCC1c2ccccc2-c2ccccc21. The quantitative estimate of drug-likeness (QED) is 0.622. The number of anilines is 1. The molecule has 0 heterocycles. The van der Waals surface area contributed by atoms with E-state index in [0.717, 1.165) is 22.3 Å². The lowest BCUT2D eigenvalue weighted by molar-refractivity contribution is 0.0698. The van der Waals surface area contributed by atoms with Gasteiger partial charge in [0, 0.05) is 10.9 Å². The smallest absolute Gasteiger partial charge is 0.411 e. The Bertz CT molecular complexity index is 1030. The van der Waals surface area contributed by atoms with E-state index in [2.05, 4.69) is 17.4 Å². The molecule has 28 heavy (non-hydrogen) atoms. The molecule has 0 saturated carbocycles. The zero-order chi connectivity index (χ0) is 19.7. The molecule has 140 valence electrons. The first-order valence-electron chi connectivity index (χ1n) is 8.69. The summed E-state index contributed by atoms with van der Waals surface area (Å²) in [5.41, 5.74) is 4.52. The summed E-state index contributed by atoms with van der Waals surface area (Å²) in [6.45, 7) is 0.149. The molecule has 0 unspecified atom stereocenters. The molecule has 2 N–H and O–H groups in total. The van der Waals surface area contributed by atoms with E-state index in [4.69, 9.17) is 16.3 Å². The van der Waals surface area contributed by atoms with Crippen molar-refractivity contribution in [2.75, 3.05) is 11.9 Å². The summed E-state index contributed by atoms with van der Waals surface area (Å²) in [6.07, 6.45) is -0.716. The maximum absolute atomic E-state index is 12.3. The number of carbonyl (C=O) groups is 2. The Balaban J connectivity index is 1.51. The van der Waals surface area contributed by atoms with Crippen LogP contribution in [0.4, 0.5) is 10.5 Å². The van der Waals surface area contributed by atoms with Gasteiger partial charge in [0.05, 0.1) is 11.3 Å². The highest BCUT2D eigenvalue weighted by Crippen LogP contribution is 2.44. The van der Waals surface area contributed by atoms with Gasteiger partial charge in [-0.3, -0.25) is 5.32 Å². The zero-order valence-corrected chi connectivity index (χ0v) is 15.4. The third kappa shape index (κ3) is 3.32. The monoisotopic (exact) mass is 393 g/mol. The molecule has 3 aromatic rings. The number of carbonyl (C=O) groups excluding carboxylic acids is 1. The second-order valence-corrected chi connectivity index (χ2v) is 6.88. The van der Waals surface area contributed by atoms with Gasteiger partial charge in [-0.25, -0.2) is 9.59 Å². The van der Waals surface area contributed by atoms with Crippen molar-refractivity contribution in [3.8, 4) is 11.1 Å². The van der Waals surface area contributed by atoms with Gasteiger partial charge < -0.3 is 9.84 Å². The first kappa shape index (κ1) is 18.1. The van der Waals surface area contributed by atoms with Gasteiger partial charge in [0.1, 0.15) is 6.61 Å². The maximum Gasteiger partial charge on any atom is 0.411 e. The van der Waals surface area contributed by atoms with Crippen molar-refractivity contribution in [3.63, 3.8) is 0 Å². The summed E-state index contributed by atoms with van der Waals surface area (Å²) in [5.74, 6) is -1.25. The fourth-order valence-corrected chi connectivity index (χ4v) is 3.72. The molecule has 1 amide bonds. The lowest BCUT2D eigenvalue weighted by Gasteiger charge is -2.15. The van der Waals surface area contributed by atoms with E-state index in [1.807, 2.05) is 36.4 Å². The minimum Gasteiger partial charge on any atom is -0.478 e. The Labute approximate surface area is 166 Å². The predicted octanol–water partition coefficient (Wildman–Crippen LogP) is 5.40. The van der Waals surface area contributed by atoms with Crippen LogP contribution in [0.15, 0.2) is 66.7 Å². The van der Waals surface area contributed by atoms with E-state index in [1.54, 1.807) is 0 Å². The molecule has 0 fully saturated rings. The van der Waals surface area contributed by atoms with Crippen molar-refractivity contribution in [1.29, 1.82) is 0 Å². The van der Waals surface area contributed by atoms with E-state index in [1.165, 1.54) is 18.2 Å². The molecule has 1 aliphatic carbocycles. The fourth-order valence-electron chi connectivity index (χ4n) is 3.55. The number of rotatable bonds is 4. The van der Waals surface area contributed by atoms with Crippen LogP contribution in [0.3, 0.4) is 0 Å². The summed E-state index contributed by atoms with van der Waals surface area (Å²) < 4.78 is 5.43. The highest BCUT2D eigenvalue weighted by molar-refractivity contribution is 6.31. The van der Waals surface area contributed by atoms with E-state index in [0.29, 0.717) is 0 Å². The third-order valence-corrected chi connectivity index (χ3v) is 5.03. The van der Waals surface area contributed by atoms with Gasteiger partial charge >= 0.3 is 12.1 Å². The maximum atomic E-state index is 12.3. The molecule has 0 saturated heterocycles. The van der Waals surface area contributed by atoms with E-state index in [9.17, 15) is 14.7 Å². The number of carboxylic acids is 1. The molecule has 5 nitrogen and oxygen atoms in total. The summed E-state index contributed by atoms with van der Waals surface area (Å²) in [4.78, 5) is 23.6. The van der Waals surface area contributed by atoms with E-state index < -0.39 is 12.1 Å². The molecular weight excluding hydrogens is 378 g/mol. The number of aromatic carboxylic acids is 1. The first-order valence-corrected chi connectivity index (χ1v) is 9.07. The zero-order valence-electron chi connectivity index (χ0n) is 14.7. The average molecular weight is 394 g/mol. The number of benzene rings is 3. The predicted molar refractivity (Wildman–Crippen MR) is 107 cm³/mol. The normalized spacial score (nSPS) is 12.2. The number of nitrogens with one attached hydrogen (secondary N) is 1. The van der Waals surface area contributed by atoms with Crippen molar-refractivity contribution in [2.24, 2.45) is 0 Å². The van der Waals surface area contributed by atoms with Crippen molar-refractivity contribution >= 4 is 29.4 Å². The first-order chi connectivity index (χ1) is 13.5. The van der Waals surface area contributed by atoms with Gasteiger partial charge in [-0.1, -0.05) is 60.1 Å². The van der Waals surface area contributed by atoms with Crippen LogP contribution in [0.1, 0.15) is 27.4 Å². The van der Waals surface area contributed by atoms with E-state index >= 15 is 0 Å². The minimum absolute atomic E-state index is 0.0673. The van der Waals surface area contributed by atoms with Crippen molar-refractivity contribution in [3.05, 3.63) is 88.4 Å². The summed E-state index contributed by atoms with van der Waals surface area (Å²) >= 11 is 5.83. The Morgan fingerprint density at radius 1 is 0.964 bits per heavy atom. The highest BCUT2D eigenvalue weighted by Gasteiger charge is 2.29. The van der Waals surface area contributed by atoms with Gasteiger partial charge in [0.15, 0.2) is 0 Å². The van der Waals surface area contributed by atoms with Crippen LogP contribution in [-0.4, -0.2) is 23.8 Å². The molecule has 0 atom stereocenters. The third-order valence-electron chi connectivity index (χ3n) is 4.79. The average Bonchev–Trinajstić information content (AvgIpc) is 3.01. The minimum atomic E-state index is -1.18. The van der Waals surface area contributed by atoms with Gasteiger partial charge in [-0.05, 0) is 40.5 Å². The number of halogens is 1. The molecule has 4 rings (SSSR count). The second-order valence-electron chi connectivity index (χ2n) is 6.45. The molecule has 0 radical (unpaired) electrons. The number of hydrogen-bond acceptors (Lipinski definition) is 3. The van der Waals surface area contributed by atoms with Crippen LogP contribution < -0.4 is 5.32 Å². The lowest BCUT2D eigenvalue weighted by atomic mass is 9.98. The number of fused-ring (bicyclic) bond motifs is 3. The summed E-state index contributed by atoms with van der Waals surface area (Å²) in [7, 11) is 0. The van der Waals surface area contributed by atoms with Gasteiger partial charge in [0.25, 0.3) is 0 Å². The largest absolute Gasteiger partial charge is 0.478 e. The Hall–Kier alpha value is -3.31. The number of ether oxygens (including phenoxy) is 1. The molecule has 6 heteroatoms. The van der Waals surface area contributed by atoms with Crippen LogP contribution >= 0.6 is 11.6 Å². The van der Waals surface area contributed by atoms with Crippen LogP contribution in [0.5, 0.6) is 0 Å². The number of hydrogen-bond donors (Lipinski definition) is 2. The molecule has 0 aromatic heterocycles. The summed E-state index contributed by atoms with van der Waals surface area (Å²) in [6, 6.07) is 20.3. The molecule has 0 aliphatic heterocycles. The number of carboxylic acid groups (broad SMARTS) is 1. The van der Waals surface area contributed by atoms with Crippen LogP contribution in [0, 0.1) is 0 Å². The van der Waals surface area contributed by atoms with Gasteiger partial charge in [-0.15, -0.1) is 0 Å². The Morgan fingerprint density at radius 2 is 1.57 bits per heavy atom. The molecule has 0 spiro atoms. The number of amides is 1. The van der Waals surface area contributed by atoms with Crippen LogP contribution in [0.25, 0.3) is 11.1 Å².